The first-order chi connectivity index (χ1) is 17.8. The van der Waals surface area contributed by atoms with Gasteiger partial charge in [0.1, 0.15) is 6.61 Å². The van der Waals surface area contributed by atoms with Gasteiger partial charge < -0.3 is 29.5 Å². The van der Waals surface area contributed by atoms with Crippen LogP contribution in [0.4, 0.5) is 10.6 Å². The maximum absolute atomic E-state index is 12.5. The summed E-state index contributed by atoms with van der Waals surface area (Å²) in [5, 5.41) is 23.7. The second kappa shape index (κ2) is 10.6. The fourth-order valence-electron chi connectivity index (χ4n) is 5.19. The monoisotopic (exact) mass is 513 g/mol. The first-order valence-electron chi connectivity index (χ1n) is 13.0. The Morgan fingerprint density at radius 3 is 2.59 bits per heavy atom. The van der Waals surface area contributed by atoms with Crippen molar-refractivity contribution < 1.29 is 29.3 Å². The number of carboxylic acids is 1. The van der Waals surface area contributed by atoms with Crippen molar-refractivity contribution in [2.75, 3.05) is 25.0 Å². The molecule has 2 aliphatic carbocycles. The van der Waals surface area contributed by atoms with Crippen LogP contribution in [0.15, 0.2) is 18.3 Å². The van der Waals surface area contributed by atoms with Gasteiger partial charge in [-0.1, -0.05) is 0 Å². The molecule has 1 amide bonds. The minimum Gasteiger partial charge on any atom is -0.487 e. The number of nitrogens with zero attached hydrogens (tertiary/aromatic N) is 5. The third kappa shape index (κ3) is 5.36. The number of carbonyl (C=O) groups excluding carboxylic acids is 1. The van der Waals surface area contributed by atoms with E-state index in [0.717, 1.165) is 43.4 Å². The number of amides is 1. The van der Waals surface area contributed by atoms with Gasteiger partial charge in [-0.15, -0.1) is 0 Å². The molecule has 37 heavy (non-hydrogen) atoms. The zero-order chi connectivity index (χ0) is 26.1. The summed E-state index contributed by atoms with van der Waals surface area (Å²) < 4.78 is 13.6. The molecule has 1 saturated heterocycles. The Morgan fingerprint density at radius 1 is 1.16 bits per heavy atom. The highest BCUT2D eigenvalue weighted by molar-refractivity contribution is 5.71. The molecule has 0 aromatic carbocycles. The number of aromatic nitrogens is 3. The van der Waals surface area contributed by atoms with E-state index >= 15 is 0 Å². The van der Waals surface area contributed by atoms with E-state index in [1.165, 1.54) is 0 Å². The predicted octanol–water partition coefficient (Wildman–Crippen LogP) is 2.81. The number of hydrogen-bond acceptors (Lipinski definition) is 8. The van der Waals surface area contributed by atoms with Crippen LogP contribution in [0.25, 0.3) is 11.3 Å². The molecule has 0 unspecified atom stereocenters. The number of β-amino-alcohol motifs (C(OH)–C–C–N with tert-alkyl or cyclic N) is 1. The van der Waals surface area contributed by atoms with E-state index in [1.807, 2.05) is 17.0 Å². The standard InChI is InChI=1S/C26H35N5O6/c1-29(17-6-4-7-17)26(35)36-15-22-20(12-27-30(22)2)21-9-10-23(24(28-21)31-13-18(32)14-31)37-19-8-3-5-16(11-19)25(33)34/h9-10,12,16-19,32H,3-8,11,13-15H2,1-2H3,(H,33,34)/t16-,19-/m0/s1. The SMILES string of the molecule is CN(C(=O)OCc1c(-c2ccc(O[C@H]3CCC[C@H](C(=O)O)C3)c(N3CC(O)C3)n2)cnn1C)C1CCC1. The summed E-state index contributed by atoms with van der Waals surface area (Å²) in [6.07, 6.45) is 6.61. The molecule has 2 N–H and O–H groups in total. The topological polar surface area (TPSA) is 130 Å². The number of carboxylic acid groups (broad SMARTS) is 1. The second-order valence-corrected chi connectivity index (χ2v) is 10.4. The lowest BCUT2D eigenvalue weighted by Gasteiger charge is -2.38. The zero-order valence-electron chi connectivity index (χ0n) is 21.4. The van der Waals surface area contributed by atoms with Crippen LogP contribution in [0, 0.1) is 5.92 Å². The van der Waals surface area contributed by atoms with Gasteiger partial charge in [0.25, 0.3) is 0 Å². The lowest BCUT2D eigenvalue weighted by Crippen LogP contribution is -2.51. The van der Waals surface area contributed by atoms with Gasteiger partial charge in [-0.05, 0) is 57.1 Å². The number of aliphatic hydroxyl groups is 1. The zero-order valence-corrected chi connectivity index (χ0v) is 21.4. The largest absolute Gasteiger partial charge is 0.487 e. The first kappa shape index (κ1) is 25.3. The van der Waals surface area contributed by atoms with Crippen LogP contribution >= 0.6 is 0 Å². The Bertz CT molecular complexity index is 1140. The summed E-state index contributed by atoms with van der Waals surface area (Å²) in [5.41, 5.74) is 2.13. The van der Waals surface area contributed by atoms with Crippen LogP contribution < -0.4 is 9.64 Å². The van der Waals surface area contributed by atoms with E-state index in [9.17, 15) is 19.8 Å². The smallest absolute Gasteiger partial charge is 0.410 e. The van der Waals surface area contributed by atoms with Crippen molar-refractivity contribution in [3.05, 3.63) is 24.0 Å². The van der Waals surface area contributed by atoms with E-state index in [0.29, 0.717) is 43.2 Å². The van der Waals surface area contributed by atoms with Gasteiger partial charge in [0.2, 0.25) is 0 Å². The van der Waals surface area contributed by atoms with Crippen LogP contribution in [-0.2, 0) is 23.2 Å². The molecule has 2 atom stereocenters. The maximum Gasteiger partial charge on any atom is 0.410 e. The molecular weight excluding hydrogens is 478 g/mol. The average molecular weight is 514 g/mol. The number of hydrogen-bond donors (Lipinski definition) is 2. The quantitative estimate of drug-likeness (QED) is 0.547. The van der Waals surface area contributed by atoms with E-state index < -0.39 is 18.0 Å². The fourth-order valence-corrected chi connectivity index (χ4v) is 5.19. The maximum atomic E-state index is 12.5. The Morgan fingerprint density at radius 2 is 1.92 bits per heavy atom. The lowest BCUT2D eigenvalue weighted by atomic mass is 9.87. The van der Waals surface area contributed by atoms with Crippen molar-refractivity contribution in [3.63, 3.8) is 0 Å². The van der Waals surface area contributed by atoms with Crippen molar-refractivity contribution in [1.29, 1.82) is 0 Å². The van der Waals surface area contributed by atoms with Crippen LogP contribution in [0.1, 0.15) is 50.6 Å². The van der Waals surface area contributed by atoms with E-state index in [4.69, 9.17) is 14.5 Å². The molecule has 0 bridgehead atoms. The molecule has 2 saturated carbocycles. The molecule has 0 spiro atoms. The Labute approximate surface area is 216 Å². The summed E-state index contributed by atoms with van der Waals surface area (Å²) >= 11 is 0. The minimum atomic E-state index is -0.781. The van der Waals surface area contributed by atoms with Crippen molar-refractivity contribution in [1.82, 2.24) is 19.7 Å². The summed E-state index contributed by atoms with van der Waals surface area (Å²) in [4.78, 5) is 32.5. The van der Waals surface area contributed by atoms with Crippen LogP contribution in [0.5, 0.6) is 5.75 Å². The number of carbonyl (C=O) groups is 2. The minimum absolute atomic E-state index is 0.0675. The highest BCUT2D eigenvalue weighted by atomic mass is 16.6. The molecule has 3 aliphatic rings. The summed E-state index contributed by atoms with van der Waals surface area (Å²) in [6.45, 7) is 0.957. The molecular formula is C26H35N5O6. The summed E-state index contributed by atoms with van der Waals surface area (Å²) in [6, 6.07) is 3.94. The van der Waals surface area contributed by atoms with E-state index in [1.54, 1.807) is 29.9 Å². The summed E-state index contributed by atoms with van der Waals surface area (Å²) in [5.74, 6) is 0.00301. The third-order valence-electron chi connectivity index (χ3n) is 7.85. The molecule has 2 aromatic rings. The number of aliphatic carboxylic acids is 1. The molecule has 5 rings (SSSR count). The highest BCUT2D eigenvalue weighted by Crippen LogP contribution is 2.36. The van der Waals surface area contributed by atoms with Crippen molar-refractivity contribution in [2.45, 2.75) is 69.8 Å². The second-order valence-electron chi connectivity index (χ2n) is 10.4. The fraction of sp³-hybridized carbons (Fsp3) is 0.615. The van der Waals surface area contributed by atoms with Crippen molar-refractivity contribution in [2.24, 2.45) is 13.0 Å². The van der Waals surface area contributed by atoms with Gasteiger partial charge in [-0.2, -0.15) is 5.10 Å². The number of rotatable bonds is 8. The molecule has 1 aliphatic heterocycles. The van der Waals surface area contributed by atoms with Gasteiger partial charge in [-0.3, -0.25) is 9.48 Å². The Balaban J connectivity index is 1.35. The van der Waals surface area contributed by atoms with E-state index in [-0.39, 0.29) is 24.8 Å². The number of aryl methyl sites for hydroxylation is 1. The summed E-state index contributed by atoms with van der Waals surface area (Å²) in [7, 11) is 3.57. The van der Waals surface area contributed by atoms with Gasteiger partial charge in [0, 0.05) is 38.8 Å². The van der Waals surface area contributed by atoms with E-state index in [2.05, 4.69) is 5.10 Å². The number of ether oxygens (including phenoxy) is 2. The molecule has 200 valence electrons. The van der Waals surface area contributed by atoms with Crippen molar-refractivity contribution in [3.8, 4) is 17.0 Å². The average Bonchev–Trinajstić information content (AvgIpc) is 3.20. The van der Waals surface area contributed by atoms with Gasteiger partial charge in [-0.25, -0.2) is 9.78 Å². The molecule has 11 nitrogen and oxygen atoms in total. The normalized spacial score (nSPS) is 22.2. The van der Waals surface area contributed by atoms with Gasteiger partial charge in [0.05, 0.1) is 35.7 Å². The third-order valence-corrected chi connectivity index (χ3v) is 7.85. The van der Waals surface area contributed by atoms with Crippen LogP contribution in [-0.4, -0.2) is 80.3 Å². The van der Waals surface area contributed by atoms with Crippen LogP contribution in [0.2, 0.25) is 0 Å². The molecule has 0 radical (unpaired) electrons. The highest BCUT2D eigenvalue weighted by Gasteiger charge is 2.32. The lowest BCUT2D eigenvalue weighted by molar-refractivity contribution is -0.143. The van der Waals surface area contributed by atoms with Crippen molar-refractivity contribution >= 4 is 17.9 Å². The number of aliphatic hydroxyl groups excluding tert-OH is 1. The first-order valence-corrected chi connectivity index (χ1v) is 13.0. The Hall–Kier alpha value is -3.34. The molecule has 3 fully saturated rings. The van der Waals surface area contributed by atoms with Gasteiger partial charge in [0.15, 0.2) is 11.6 Å². The van der Waals surface area contributed by atoms with Crippen LogP contribution in [0.3, 0.4) is 0 Å². The molecule has 2 aromatic heterocycles. The molecule has 11 heteroatoms. The number of anilines is 1. The Kier molecular flexibility index (Phi) is 7.23. The molecule has 3 heterocycles. The predicted molar refractivity (Wildman–Crippen MR) is 134 cm³/mol. The number of pyridine rings is 1. The van der Waals surface area contributed by atoms with Gasteiger partial charge >= 0.3 is 12.1 Å².